The van der Waals surface area contributed by atoms with Crippen LogP contribution in [0, 0.1) is 6.92 Å². The van der Waals surface area contributed by atoms with Gasteiger partial charge in [-0.15, -0.1) is 10.2 Å². The molecule has 9 nitrogen and oxygen atoms in total. The highest BCUT2D eigenvalue weighted by Gasteiger charge is 2.27. The van der Waals surface area contributed by atoms with E-state index in [0.29, 0.717) is 34.8 Å². The number of nitrogens with zero attached hydrogens (tertiary/aromatic N) is 5. The lowest BCUT2D eigenvalue weighted by atomic mass is 10.2. The summed E-state index contributed by atoms with van der Waals surface area (Å²) < 4.78 is 28.8. The zero-order valence-corrected chi connectivity index (χ0v) is 22.9. The largest absolute Gasteiger partial charge is 0.325 e. The van der Waals surface area contributed by atoms with Crippen LogP contribution in [-0.2, 0) is 14.8 Å². The summed E-state index contributed by atoms with van der Waals surface area (Å²) in [6, 6.07) is 15.5. The van der Waals surface area contributed by atoms with Crippen molar-refractivity contribution in [2.45, 2.75) is 29.8 Å². The number of pyridine rings is 1. The molecule has 1 N–H and O–H groups in total. The molecule has 0 spiro atoms. The predicted molar refractivity (Wildman–Crippen MR) is 148 cm³/mol. The van der Waals surface area contributed by atoms with Crippen molar-refractivity contribution in [3.05, 3.63) is 77.6 Å². The first-order valence-corrected chi connectivity index (χ1v) is 14.8. The zero-order chi connectivity index (χ0) is 26.7. The van der Waals surface area contributed by atoms with E-state index in [-0.39, 0.29) is 16.6 Å². The van der Waals surface area contributed by atoms with Gasteiger partial charge in [-0.2, -0.15) is 4.31 Å². The second kappa shape index (κ2) is 11.2. The van der Waals surface area contributed by atoms with Crippen molar-refractivity contribution in [1.29, 1.82) is 0 Å². The number of hydrogen-bond donors (Lipinski definition) is 1. The number of halogens is 1. The van der Waals surface area contributed by atoms with Gasteiger partial charge in [-0.3, -0.25) is 14.3 Å². The Morgan fingerprint density at radius 1 is 1.03 bits per heavy atom. The van der Waals surface area contributed by atoms with E-state index >= 15 is 0 Å². The van der Waals surface area contributed by atoms with Crippen molar-refractivity contribution in [3.8, 4) is 17.1 Å². The highest BCUT2D eigenvalue weighted by atomic mass is 35.5. The Labute approximate surface area is 230 Å². The minimum Gasteiger partial charge on any atom is -0.325 e. The van der Waals surface area contributed by atoms with Gasteiger partial charge in [0.05, 0.1) is 16.3 Å². The highest BCUT2D eigenvalue weighted by molar-refractivity contribution is 7.99. The summed E-state index contributed by atoms with van der Waals surface area (Å²) in [5.41, 5.74) is 3.01. The maximum absolute atomic E-state index is 12.8. The molecule has 38 heavy (non-hydrogen) atoms. The summed E-state index contributed by atoms with van der Waals surface area (Å²) in [5.74, 6) is 0.422. The number of amides is 1. The number of sulfonamides is 1. The van der Waals surface area contributed by atoms with Crippen molar-refractivity contribution >= 4 is 45.0 Å². The van der Waals surface area contributed by atoms with Crippen LogP contribution < -0.4 is 5.32 Å². The lowest BCUT2D eigenvalue weighted by Crippen LogP contribution is -2.27. The standard InChI is InChI=1S/C26H25ClN6O3S2/c1-18-22(27)5-4-6-23(18)33-25(19-11-13-28-14-12-19)30-31-26(33)37-17-24(34)29-20-7-9-21(10-8-20)38(35,36)32-15-2-3-16-32/h4-14H,2-3,15-17H2,1H3,(H,29,34). The van der Waals surface area contributed by atoms with Gasteiger partial charge in [-0.1, -0.05) is 29.4 Å². The van der Waals surface area contributed by atoms with Gasteiger partial charge in [-0.05, 0) is 73.9 Å². The molecule has 0 unspecified atom stereocenters. The molecule has 1 amide bonds. The lowest BCUT2D eigenvalue weighted by Gasteiger charge is -2.15. The van der Waals surface area contributed by atoms with Crippen LogP contribution >= 0.6 is 23.4 Å². The second-order valence-electron chi connectivity index (χ2n) is 8.73. The molecule has 12 heteroatoms. The maximum Gasteiger partial charge on any atom is 0.243 e. The summed E-state index contributed by atoms with van der Waals surface area (Å²) >= 11 is 7.64. The van der Waals surface area contributed by atoms with E-state index in [1.807, 2.05) is 41.8 Å². The number of carbonyl (C=O) groups is 1. The van der Waals surface area contributed by atoms with E-state index in [2.05, 4.69) is 20.5 Å². The van der Waals surface area contributed by atoms with Crippen LogP contribution in [0.15, 0.2) is 77.0 Å². The van der Waals surface area contributed by atoms with Crippen molar-refractivity contribution in [2.24, 2.45) is 0 Å². The molecule has 1 fully saturated rings. The van der Waals surface area contributed by atoms with Crippen molar-refractivity contribution in [3.63, 3.8) is 0 Å². The van der Waals surface area contributed by atoms with E-state index in [1.54, 1.807) is 24.5 Å². The molecular formula is C26H25ClN6O3S2. The Morgan fingerprint density at radius 2 is 1.74 bits per heavy atom. The minimum atomic E-state index is -3.50. The summed E-state index contributed by atoms with van der Waals surface area (Å²) in [7, 11) is -3.50. The number of benzene rings is 2. The monoisotopic (exact) mass is 568 g/mol. The van der Waals surface area contributed by atoms with Gasteiger partial charge in [0.25, 0.3) is 0 Å². The first kappa shape index (κ1) is 26.4. The summed E-state index contributed by atoms with van der Waals surface area (Å²) in [4.78, 5) is 17.1. The molecule has 196 valence electrons. The molecule has 0 bridgehead atoms. The Hall–Kier alpha value is -3.25. The smallest absolute Gasteiger partial charge is 0.243 e. The van der Waals surface area contributed by atoms with Crippen molar-refractivity contribution in [1.82, 2.24) is 24.1 Å². The normalized spacial score (nSPS) is 14.1. The topological polar surface area (TPSA) is 110 Å². The summed E-state index contributed by atoms with van der Waals surface area (Å²) in [6.45, 7) is 3.00. The van der Waals surface area contributed by atoms with Gasteiger partial charge in [0.15, 0.2) is 11.0 Å². The molecule has 0 aliphatic carbocycles. The van der Waals surface area contributed by atoms with Gasteiger partial charge >= 0.3 is 0 Å². The lowest BCUT2D eigenvalue weighted by molar-refractivity contribution is -0.113. The molecule has 1 aliphatic heterocycles. The number of nitrogens with one attached hydrogen (secondary N) is 1. The van der Waals surface area contributed by atoms with Gasteiger partial charge in [0.2, 0.25) is 15.9 Å². The molecule has 0 atom stereocenters. The van der Waals surface area contributed by atoms with E-state index in [0.717, 1.165) is 29.7 Å². The second-order valence-corrected chi connectivity index (χ2v) is 12.0. The van der Waals surface area contributed by atoms with Gasteiger partial charge in [0, 0.05) is 41.8 Å². The molecule has 1 saturated heterocycles. The molecule has 4 aromatic rings. The molecule has 3 heterocycles. The molecule has 0 saturated carbocycles. The Morgan fingerprint density at radius 3 is 2.45 bits per heavy atom. The third-order valence-corrected chi connectivity index (χ3v) is 9.48. The van der Waals surface area contributed by atoms with E-state index in [4.69, 9.17) is 11.6 Å². The van der Waals surface area contributed by atoms with Crippen LogP contribution in [0.4, 0.5) is 5.69 Å². The van der Waals surface area contributed by atoms with Gasteiger partial charge in [-0.25, -0.2) is 8.42 Å². The molecule has 2 aromatic carbocycles. The van der Waals surface area contributed by atoms with E-state index in [9.17, 15) is 13.2 Å². The molecular weight excluding hydrogens is 544 g/mol. The van der Waals surface area contributed by atoms with Crippen molar-refractivity contribution < 1.29 is 13.2 Å². The van der Waals surface area contributed by atoms with Crippen LogP contribution in [0.25, 0.3) is 17.1 Å². The van der Waals surface area contributed by atoms with E-state index < -0.39 is 10.0 Å². The molecule has 2 aromatic heterocycles. The van der Waals surface area contributed by atoms with Crippen molar-refractivity contribution in [2.75, 3.05) is 24.2 Å². The highest BCUT2D eigenvalue weighted by Crippen LogP contribution is 2.31. The van der Waals surface area contributed by atoms with Crippen LogP contribution in [0.5, 0.6) is 0 Å². The first-order chi connectivity index (χ1) is 18.3. The Balaban J connectivity index is 1.32. The van der Waals surface area contributed by atoms with Gasteiger partial charge < -0.3 is 5.32 Å². The average Bonchev–Trinajstić information content (AvgIpc) is 3.61. The number of aromatic nitrogens is 4. The van der Waals surface area contributed by atoms with E-state index in [1.165, 1.54) is 28.2 Å². The quantitative estimate of drug-likeness (QED) is 0.304. The fraction of sp³-hybridized carbons (Fsp3) is 0.231. The zero-order valence-electron chi connectivity index (χ0n) is 20.5. The molecule has 1 aliphatic rings. The first-order valence-electron chi connectivity index (χ1n) is 12.0. The number of rotatable bonds is 8. The fourth-order valence-electron chi connectivity index (χ4n) is 4.22. The van der Waals surface area contributed by atoms with Crippen LogP contribution in [-0.4, -0.2) is 57.2 Å². The fourth-order valence-corrected chi connectivity index (χ4v) is 6.65. The number of anilines is 1. The summed E-state index contributed by atoms with van der Waals surface area (Å²) in [5, 5.41) is 12.7. The maximum atomic E-state index is 12.8. The third kappa shape index (κ3) is 5.46. The average molecular weight is 569 g/mol. The molecule has 0 radical (unpaired) electrons. The molecule has 5 rings (SSSR count). The van der Waals surface area contributed by atoms with Crippen LogP contribution in [0.2, 0.25) is 5.02 Å². The number of hydrogen-bond acceptors (Lipinski definition) is 7. The third-order valence-electron chi connectivity index (χ3n) is 6.23. The number of thioether (sulfide) groups is 1. The minimum absolute atomic E-state index is 0.0713. The van der Waals surface area contributed by atoms with Crippen LogP contribution in [0.1, 0.15) is 18.4 Å². The summed E-state index contributed by atoms with van der Waals surface area (Å²) in [6.07, 6.45) is 5.11. The predicted octanol–water partition coefficient (Wildman–Crippen LogP) is 4.81. The SMILES string of the molecule is Cc1c(Cl)cccc1-n1c(SCC(=O)Nc2ccc(S(=O)(=O)N3CCCC3)cc2)nnc1-c1ccncc1. The van der Waals surface area contributed by atoms with Crippen LogP contribution in [0.3, 0.4) is 0 Å². The Kier molecular flexibility index (Phi) is 7.80. The number of carbonyl (C=O) groups excluding carboxylic acids is 1. The van der Waals surface area contributed by atoms with Gasteiger partial charge in [0.1, 0.15) is 0 Å². The Bertz CT molecular complexity index is 1550.